The molecule has 4 atom stereocenters. The molecule has 0 unspecified atom stereocenters. The molecule has 4 heterocycles. The molecule has 2 saturated heterocycles. The third-order valence-electron chi connectivity index (χ3n) is 7.94. The van der Waals surface area contributed by atoms with Crippen molar-refractivity contribution in [1.82, 2.24) is 10.2 Å². The van der Waals surface area contributed by atoms with Crippen molar-refractivity contribution in [1.29, 1.82) is 0 Å². The van der Waals surface area contributed by atoms with Gasteiger partial charge in [-0.25, -0.2) is 0 Å². The van der Waals surface area contributed by atoms with Crippen molar-refractivity contribution >= 4 is 35.0 Å². The van der Waals surface area contributed by atoms with Crippen molar-refractivity contribution in [2.24, 2.45) is 11.8 Å². The van der Waals surface area contributed by atoms with Gasteiger partial charge in [0.2, 0.25) is 24.5 Å². The van der Waals surface area contributed by atoms with Crippen molar-refractivity contribution in [3.63, 3.8) is 0 Å². The molecule has 10 heteroatoms. The lowest BCUT2D eigenvalue weighted by molar-refractivity contribution is -0.143. The summed E-state index contributed by atoms with van der Waals surface area (Å²) in [6.07, 6.45) is 0.378. The van der Waals surface area contributed by atoms with Gasteiger partial charge >= 0.3 is 0 Å². The summed E-state index contributed by atoms with van der Waals surface area (Å²) in [5.74, 6) is -1.57. The van der Waals surface area contributed by atoms with Crippen LogP contribution in [0.1, 0.15) is 16.7 Å². The first-order valence-corrected chi connectivity index (χ1v) is 12.6. The van der Waals surface area contributed by atoms with E-state index in [4.69, 9.17) is 21.1 Å². The number of aromatic hydroxyl groups is 1. The molecule has 0 aromatic heterocycles. The molecule has 2 fully saturated rings. The van der Waals surface area contributed by atoms with Crippen LogP contribution in [-0.2, 0) is 32.9 Å². The molecular formula is C28H22ClN3O6. The third kappa shape index (κ3) is 3.25. The summed E-state index contributed by atoms with van der Waals surface area (Å²) in [5.41, 5.74) is 1.25. The third-order valence-corrected chi connectivity index (χ3v) is 8.17. The lowest BCUT2D eigenvalue weighted by Crippen LogP contribution is -2.53. The second-order valence-corrected chi connectivity index (χ2v) is 10.5. The van der Waals surface area contributed by atoms with Crippen molar-refractivity contribution in [3.05, 3.63) is 82.4 Å². The molecule has 4 aliphatic rings. The lowest BCUT2D eigenvalue weighted by atomic mass is 9.76. The number of carbonyl (C=O) groups is 3. The largest absolute Gasteiger partial charge is 0.508 e. The Morgan fingerprint density at radius 3 is 2.53 bits per heavy atom. The SMILES string of the molecule is O=C1[C@H]2[C@@H](C(=O)N1Cc1ccc3c(c1)OCO3)[C@]1(N[C@@H]2Cc2ccc(O)cc2)C(=O)Nc2ccc(Cl)cc21. The monoisotopic (exact) mass is 531 g/mol. The summed E-state index contributed by atoms with van der Waals surface area (Å²) in [6, 6.07) is 16.5. The number of benzene rings is 3. The van der Waals surface area contributed by atoms with Gasteiger partial charge in [0.15, 0.2) is 11.5 Å². The van der Waals surface area contributed by atoms with Gasteiger partial charge in [-0.1, -0.05) is 29.8 Å². The number of rotatable bonds is 4. The number of anilines is 1. The van der Waals surface area contributed by atoms with Gasteiger partial charge in [0.05, 0.1) is 18.4 Å². The smallest absolute Gasteiger partial charge is 0.250 e. The zero-order valence-corrected chi connectivity index (χ0v) is 20.7. The first-order chi connectivity index (χ1) is 18.3. The molecule has 0 radical (unpaired) electrons. The van der Waals surface area contributed by atoms with Crippen LogP contribution in [0.25, 0.3) is 0 Å². The Hall–Kier alpha value is -4.08. The number of halogens is 1. The Bertz CT molecular complexity index is 1530. The molecule has 1 spiro atoms. The van der Waals surface area contributed by atoms with Crippen LogP contribution in [-0.4, -0.2) is 40.6 Å². The van der Waals surface area contributed by atoms with E-state index in [0.29, 0.717) is 39.8 Å². The van der Waals surface area contributed by atoms with E-state index in [0.717, 1.165) is 5.56 Å². The molecule has 3 aromatic carbocycles. The summed E-state index contributed by atoms with van der Waals surface area (Å²) in [5, 5.41) is 16.4. The number of carbonyl (C=O) groups excluding carboxylic acids is 3. The molecule has 3 aromatic rings. The van der Waals surface area contributed by atoms with Crippen molar-refractivity contribution in [2.45, 2.75) is 24.5 Å². The normalized spacial score (nSPS) is 26.7. The van der Waals surface area contributed by atoms with Gasteiger partial charge in [-0.2, -0.15) is 0 Å². The maximum Gasteiger partial charge on any atom is 0.250 e. The highest BCUT2D eigenvalue weighted by Crippen LogP contribution is 2.54. The summed E-state index contributed by atoms with van der Waals surface area (Å²) in [6.45, 7) is 0.169. The number of nitrogens with one attached hydrogen (secondary N) is 2. The van der Waals surface area contributed by atoms with Crippen molar-refractivity contribution in [2.75, 3.05) is 12.1 Å². The number of ether oxygens (including phenoxy) is 2. The molecule has 0 saturated carbocycles. The first kappa shape index (κ1) is 23.1. The molecule has 9 nitrogen and oxygen atoms in total. The highest BCUT2D eigenvalue weighted by atomic mass is 35.5. The van der Waals surface area contributed by atoms with E-state index in [-0.39, 0.29) is 30.9 Å². The number of nitrogens with zero attached hydrogens (tertiary/aromatic N) is 1. The average Bonchev–Trinajstić information content (AvgIpc) is 3.63. The second kappa shape index (κ2) is 8.21. The molecule has 192 valence electrons. The van der Waals surface area contributed by atoms with Crippen LogP contribution >= 0.6 is 11.6 Å². The Labute approximate surface area is 222 Å². The number of fused-ring (bicyclic) bond motifs is 5. The van der Waals surface area contributed by atoms with Gasteiger partial charge in [-0.05, 0) is 60.0 Å². The van der Waals surface area contributed by atoms with E-state index in [9.17, 15) is 19.5 Å². The van der Waals surface area contributed by atoms with E-state index < -0.39 is 29.3 Å². The zero-order chi connectivity index (χ0) is 26.2. The summed E-state index contributed by atoms with van der Waals surface area (Å²) in [7, 11) is 0. The van der Waals surface area contributed by atoms with Crippen LogP contribution in [0.15, 0.2) is 60.7 Å². The van der Waals surface area contributed by atoms with E-state index >= 15 is 0 Å². The number of imide groups is 1. The van der Waals surface area contributed by atoms with Gasteiger partial charge in [0.1, 0.15) is 11.3 Å². The number of phenols is 1. The number of likely N-dealkylation sites (tertiary alicyclic amines) is 1. The molecule has 4 aliphatic heterocycles. The average molecular weight is 532 g/mol. The standard InChI is InChI=1S/C28H22ClN3O6/c29-16-4-7-19-18(11-16)28(27(36)30-19)24-23(20(31-28)9-14-1-5-17(33)6-2-14)25(34)32(26(24)35)12-15-3-8-21-22(10-15)38-13-37-21/h1-8,10-11,20,23-24,31,33H,9,12-13H2,(H,30,36)/t20-,23-,24+,28+/m1/s1. The molecule has 7 rings (SSSR count). The number of hydrogen-bond donors (Lipinski definition) is 3. The Morgan fingerprint density at radius 2 is 1.71 bits per heavy atom. The summed E-state index contributed by atoms with van der Waals surface area (Å²) < 4.78 is 10.8. The molecule has 0 aliphatic carbocycles. The predicted molar refractivity (Wildman–Crippen MR) is 136 cm³/mol. The molecule has 38 heavy (non-hydrogen) atoms. The Morgan fingerprint density at radius 1 is 0.947 bits per heavy atom. The van der Waals surface area contributed by atoms with E-state index in [2.05, 4.69) is 10.6 Å². The Kier molecular flexibility index (Phi) is 4.98. The maximum atomic E-state index is 14.0. The van der Waals surface area contributed by atoms with E-state index in [1.54, 1.807) is 60.7 Å². The van der Waals surface area contributed by atoms with Crippen LogP contribution in [0.3, 0.4) is 0 Å². The zero-order valence-electron chi connectivity index (χ0n) is 19.9. The van der Waals surface area contributed by atoms with E-state index in [1.165, 1.54) is 4.90 Å². The second-order valence-electron chi connectivity index (χ2n) is 10.0. The van der Waals surface area contributed by atoms with Gasteiger partial charge in [0.25, 0.3) is 0 Å². The predicted octanol–water partition coefficient (Wildman–Crippen LogP) is 2.94. The van der Waals surface area contributed by atoms with E-state index in [1.807, 2.05) is 0 Å². The highest BCUT2D eigenvalue weighted by molar-refractivity contribution is 6.31. The minimum atomic E-state index is -1.44. The van der Waals surface area contributed by atoms with Gasteiger partial charge in [0, 0.05) is 22.3 Å². The fourth-order valence-corrected chi connectivity index (χ4v) is 6.44. The van der Waals surface area contributed by atoms with Crippen molar-refractivity contribution in [3.8, 4) is 17.2 Å². The minimum Gasteiger partial charge on any atom is -0.508 e. The van der Waals surface area contributed by atoms with Crippen LogP contribution in [0.4, 0.5) is 5.69 Å². The number of amides is 3. The highest BCUT2D eigenvalue weighted by Gasteiger charge is 2.70. The summed E-state index contributed by atoms with van der Waals surface area (Å²) >= 11 is 6.33. The molecule has 3 N–H and O–H groups in total. The maximum absolute atomic E-state index is 14.0. The quantitative estimate of drug-likeness (QED) is 0.443. The first-order valence-electron chi connectivity index (χ1n) is 12.3. The van der Waals surface area contributed by atoms with Crippen LogP contribution in [0.2, 0.25) is 5.02 Å². The summed E-state index contributed by atoms with van der Waals surface area (Å²) in [4.78, 5) is 42.8. The number of phenolic OH excluding ortho intramolecular Hbond substituents is 1. The van der Waals surface area contributed by atoms with Crippen LogP contribution in [0, 0.1) is 11.8 Å². The van der Waals surface area contributed by atoms with Crippen LogP contribution in [0.5, 0.6) is 17.2 Å². The fraction of sp³-hybridized carbons (Fsp3) is 0.250. The lowest BCUT2D eigenvalue weighted by Gasteiger charge is -2.29. The van der Waals surface area contributed by atoms with Gasteiger partial charge < -0.3 is 19.9 Å². The number of hydrogen-bond acceptors (Lipinski definition) is 7. The van der Waals surface area contributed by atoms with Crippen molar-refractivity contribution < 1.29 is 29.0 Å². The van der Waals surface area contributed by atoms with Crippen LogP contribution < -0.4 is 20.1 Å². The topological polar surface area (TPSA) is 117 Å². The van der Waals surface area contributed by atoms with Gasteiger partial charge in [-0.3, -0.25) is 24.6 Å². The Balaban J connectivity index is 1.30. The molecule has 3 amide bonds. The molecular weight excluding hydrogens is 510 g/mol. The van der Waals surface area contributed by atoms with Gasteiger partial charge in [-0.15, -0.1) is 0 Å². The molecule has 0 bridgehead atoms. The minimum absolute atomic E-state index is 0.0489. The fourth-order valence-electron chi connectivity index (χ4n) is 6.27.